The first kappa shape index (κ1) is 15.6. The molecular formula is C18H22FN3O. The second-order valence-corrected chi connectivity index (χ2v) is 5.92. The normalized spacial score (nSPS) is 16.2. The number of halogens is 1. The fraction of sp³-hybridized carbons (Fsp3) is 0.389. The molecule has 5 heteroatoms. The zero-order valence-electron chi connectivity index (χ0n) is 13.3. The second kappa shape index (κ2) is 6.86. The molecule has 122 valence electrons. The highest BCUT2D eigenvalue weighted by Gasteiger charge is 2.44. The SMILES string of the molecule is CCNC(=NCc1ccco1)NCC1(c2ccc(F)cc2)CC1. The number of hydrogen-bond acceptors (Lipinski definition) is 2. The Morgan fingerprint density at radius 3 is 2.61 bits per heavy atom. The Kier molecular flexibility index (Phi) is 4.65. The van der Waals surface area contributed by atoms with E-state index in [0.29, 0.717) is 6.54 Å². The van der Waals surface area contributed by atoms with Gasteiger partial charge in [-0.05, 0) is 49.6 Å². The molecule has 0 bridgehead atoms. The van der Waals surface area contributed by atoms with Crippen LogP contribution in [0.4, 0.5) is 4.39 Å². The molecule has 1 heterocycles. The lowest BCUT2D eigenvalue weighted by Gasteiger charge is -2.19. The summed E-state index contributed by atoms with van der Waals surface area (Å²) in [6.45, 7) is 4.14. The Morgan fingerprint density at radius 2 is 2.00 bits per heavy atom. The molecule has 23 heavy (non-hydrogen) atoms. The minimum atomic E-state index is -0.189. The molecule has 1 fully saturated rings. The maximum atomic E-state index is 13.1. The van der Waals surface area contributed by atoms with Crippen molar-refractivity contribution < 1.29 is 8.81 Å². The van der Waals surface area contributed by atoms with Crippen LogP contribution in [0.3, 0.4) is 0 Å². The van der Waals surface area contributed by atoms with E-state index in [2.05, 4.69) is 15.6 Å². The second-order valence-electron chi connectivity index (χ2n) is 5.92. The predicted molar refractivity (Wildman–Crippen MR) is 88.8 cm³/mol. The first-order valence-corrected chi connectivity index (χ1v) is 8.02. The molecule has 1 aliphatic rings. The number of hydrogen-bond donors (Lipinski definition) is 2. The number of rotatable bonds is 6. The average molecular weight is 315 g/mol. The largest absolute Gasteiger partial charge is 0.467 e. The molecule has 2 aromatic rings. The van der Waals surface area contributed by atoms with E-state index in [1.54, 1.807) is 6.26 Å². The maximum Gasteiger partial charge on any atom is 0.191 e. The van der Waals surface area contributed by atoms with Crippen molar-refractivity contribution in [1.82, 2.24) is 10.6 Å². The molecule has 0 atom stereocenters. The van der Waals surface area contributed by atoms with Gasteiger partial charge in [-0.25, -0.2) is 9.38 Å². The monoisotopic (exact) mass is 315 g/mol. The summed E-state index contributed by atoms with van der Waals surface area (Å²) in [5.74, 6) is 1.42. The van der Waals surface area contributed by atoms with Gasteiger partial charge in [0.15, 0.2) is 5.96 Å². The highest BCUT2D eigenvalue weighted by atomic mass is 19.1. The van der Waals surface area contributed by atoms with Gasteiger partial charge in [0.1, 0.15) is 18.1 Å². The molecule has 0 saturated heterocycles. The van der Waals surface area contributed by atoms with Gasteiger partial charge in [0.25, 0.3) is 0 Å². The molecule has 3 rings (SSSR count). The van der Waals surface area contributed by atoms with Gasteiger partial charge in [-0.1, -0.05) is 12.1 Å². The number of aliphatic imine (C=N–C) groups is 1. The van der Waals surface area contributed by atoms with Crippen molar-refractivity contribution in [3.8, 4) is 0 Å². The fourth-order valence-electron chi connectivity index (χ4n) is 2.68. The Bertz CT molecular complexity index is 645. The molecule has 0 unspecified atom stereocenters. The zero-order chi connectivity index (χ0) is 16.1. The number of nitrogens with one attached hydrogen (secondary N) is 2. The number of nitrogens with zero attached hydrogens (tertiary/aromatic N) is 1. The highest BCUT2D eigenvalue weighted by molar-refractivity contribution is 5.79. The van der Waals surface area contributed by atoms with Gasteiger partial charge < -0.3 is 15.1 Å². The number of furan rings is 1. The summed E-state index contributed by atoms with van der Waals surface area (Å²) in [5, 5.41) is 6.65. The zero-order valence-corrected chi connectivity index (χ0v) is 13.3. The van der Waals surface area contributed by atoms with Crippen molar-refractivity contribution in [2.75, 3.05) is 13.1 Å². The van der Waals surface area contributed by atoms with Crippen molar-refractivity contribution in [3.05, 3.63) is 59.8 Å². The standard InChI is InChI=1S/C18H22FN3O/c1-2-20-17(21-12-16-4-3-11-23-16)22-13-18(9-10-18)14-5-7-15(19)8-6-14/h3-8,11H,2,9-10,12-13H2,1H3,(H2,20,21,22). The van der Waals surface area contributed by atoms with Gasteiger partial charge in [0.2, 0.25) is 0 Å². The van der Waals surface area contributed by atoms with Gasteiger partial charge in [-0.2, -0.15) is 0 Å². The minimum absolute atomic E-state index is 0.106. The number of guanidine groups is 1. The summed E-state index contributed by atoms with van der Waals surface area (Å²) in [7, 11) is 0. The van der Waals surface area contributed by atoms with Crippen molar-refractivity contribution in [3.63, 3.8) is 0 Å². The van der Waals surface area contributed by atoms with E-state index in [4.69, 9.17) is 4.42 Å². The molecule has 1 aliphatic carbocycles. The van der Waals surface area contributed by atoms with Crippen LogP contribution in [0.15, 0.2) is 52.1 Å². The molecule has 0 radical (unpaired) electrons. The van der Waals surface area contributed by atoms with Gasteiger partial charge in [0, 0.05) is 18.5 Å². The average Bonchev–Trinajstić information content (AvgIpc) is 3.16. The fourth-order valence-corrected chi connectivity index (χ4v) is 2.68. The number of benzene rings is 1. The Labute approximate surface area is 135 Å². The van der Waals surface area contributed by atoms with E-state index in [1.807, 2.05) is 31.2 Å². The van der Waals surface area contributed by atoms with E-state index in [1.165, 1.54) is 17.7 Å². The lowest BCUT2D eigenvalue weighted by Crippen LogP contribution is -2.41. The Hall–Kier alpha value is -2.30. The summed E-state index contributed by atoms with van der Waals surface area (Å²) in [5.41, 5.74) is 1.29. The van der Waals surface area contributed by atoms with Crippen LogP contribution in [0.5, 0.6) is 0 Å². The molecule has 0 spiro atoms. The first-order chi connectivity index (χ1) is 11.2. The Balaban J connectivity index is 1.62. The quantitative estimate of drug-likeness (QED) is 0.636. The highest BCUT2D eigenvalue weighted by Crippen LogP contribution is 2.47. The van der Waals surface area contributed by atoms with Gasteiger partial charge in [-0.3, -0.25) is 0 Å². The van der Waals surface area contributed by atoms with Crippen LogP contribution in [0.1, 0.15) is 31.1 Å². The van der Waals surface area contributed by atoms with E-state index < -0.39 is 0 Å². The summed E-state index contributed by atoms with van der Waals surface area (Å²) < 4.78 is 18.4. The van der Waals surface area contributed by atoms with Gasteiger partial charge in [-0.15, -0.1) is 0 Å². The van der Waals surface area contributed by atoms with Crippen molar-refractivity contribution in [2.24, 2.45) is 4.99 Å². The molecule has 2 N–H and O–H groups in total. The Morgan fingerprint density at radius 1 is 1.22 bits per heavy atom. The van der Waals surface area contributed by atoms with Gasteiger partial charge >= 0.3 is 0 Å². The third-order valence-corrected chi connectivity index (χ3v) is 4.22. The van der Waals surface area contributed by atoms with Crippen molar-refractivity contribution in [1.29, 1.82) is 0 Å². The van der Waals surface area contributed by atoms with E-state index in [9.17, 15) is 4.39 Å². The third kappa shape index (κ3) is 3.92. The van der Waals surface area contributed by atoms with Gasteiger partial charge in [0.05, 0.1) is 6.26 Å². The summed E-state index contributed by atoms with van der Waals surface area (Å²) in [4.78, 5) is 4.54. The summed E-state index contributed by atoms with van der Waals surface area (Å²) in [6.07, 6.45) is 3.88. The van der Waals surface area contributed by atoms with Crippen LogP contribution < -0.4 is 10.6 Å². The third-order valence-electron chi connectivity index (χ3n) is 4.22. The van der Waals surface area contributed by atoms with Crippen LogP contribution >= 0.6 is 0 Å². The van der Waals surface area contributed by atoms with E-state index in [0.717, 1.165) is 37.7 Å². The van der Waals surface area contributed by atoms with E-state index >= 15 is 0 Å². The first-order valence-electron chi connectivity index (χ1n) is 8.02. The van der Waals surface area contributed by atoms with Crippen LogP contribution in [-0.4, -0.2) is 19.0 Å². The van der Waals surface area contributed by atoms with Crippen LogP contribution in [0.2, 0.25) is 0 Å². The topological polar surface area (TPSA) is 49.6 Å². The minimum Gasteiger partial charge on any atom is -0.467 e. The molecule has 1 aromatic heterocycles. The lowest BCUT2D eigenvalue weighted by atomic mass is 9.96. The molecule has 1 saturated carbocycles. The van der Waals surface area contributed by atoms with Crippen molar-refractivity contribution in [2.45, 2.75) is 31.7 Å². The van der Waals surface area contributed by atoms with Crippen LogP contribution in [0.25, 0.3) is 0 Å². The van der Waals surface area contributed by atoms with Crippen molar-refractivity contribution >= 4 is 5.96 Å². The molecule has 4 nitrogen and oxygen atoms in total. The maximum absolute atomic E-state index is 13.1. The molecular weight excluding hydrogens is 293 g/mol. The van der Waals surface area contributed by atoms with E-state index in [-0.39, 0.29) is 11.2 Å². The predicted octanol–water partition coefficient (Wildman–Crippen LogP) is 3.21. The summed E-state index contributed by atoms with van der Waals surface area (Å²) in [6, 6.07) is 10.6. The van der Waals surface area contributed by atoms with Crippen LogP contribution in [-0.2, 0) is 12.0 Å². The molecule has 1 aromatic carbocycles. The lowest BCUT2D eigenvalue weighted by molar-refractivity contribution is 0.511. The summed E-state index contributed by atoms with van der Waals surface area (Å²) >= 11 is 0. The molecule has 0 aliphatic heterocycles. The molecule has 0 amide bonds. The smallest absolute Gasteiger partial charge is 0.191 e. The van der Waals surface area contributed by atoms with Crippen LogP contribution in [0, 0.1) is 5.82 Å².